The van der Waals surface area contributed by atoms with Crippen molar-refractivity contribution in [2.24, 2.45) is 0 Å². The first-order chi connectivity index (χ1) is 17.5. The minimum absolute atomic E-state index is 0.123. The highest BCUT2D eigenvalue weighted by Crippen LogP contribution is 2.34. The third-order valence-corrected chi connectivity index (χ3v) is 6.28. The maximum Gasteiger partial charge on any atom is 0.256 e. The summed E-state index contributed by atoms with van der Waals surface area (Å²) in [5.74, 6) is 0.930. The summed E-state index contributed by atoms with van der Waals surface area (Å²) < 4.78 is 13.0. The second-order valence-electron chi connectivity index (χ2n) is 8.94. The van der Waals surface area contributed by atoms with Crippen LogP contribution in [-0.2, 0) is 24.3 Å². The summed E-state index contributed by atoms with van der Waals surface area (Å²) in [4.78, 5) is 26.6. The Morgan fingerprint density at radius 1 is 0.944 bits per heavy atom. The lowest BCUT2D eigenvalue weighted by Crippen LogP contribution is -2.31. The number of hydrogen-bond acceptors (Lipinski definition) is 5. The number of pyridine rings is 1. The molecule has 7 heteroatoms. The van der Waals surface area contributed by atoms with Crippen LogP contribution in [0, 0.1) is 6.92 Å². The number of nitrogens with zero attached hydrogens (tertiary/aromatic N) is 1. The number of rotatable bonds is 7. The Kier molecular flexibility index (Phi) is 6.62. The summed E-state index contributed by atoms with van der Waals surface area (Å²) in [5.41, 5.74) is 4.87. The van der Waals surface area contributed by atoms with Gasteiger partial charge in [0, 0.05) is 34.9 Å². The average Bonchev–Trinajstić information content (AvgIpc) is 2.88. The van der Waals surface area contributed by atoms with Crippen LogP contribution in [-0.4, -0.2) is 23.7 Å². The fourth-order valence-corrected chi connectivity index (χ4v) is 4.38. The molecule has 5 rings (SSSR count). The topological polar surface area (TPSA) is 81.6 Å². The number of fused-ring (bicyclic) bond motifs is 2. The molecule has 36 heavy (non-hydrogen) atoms. The van der Waals surface area contributed by atoms with Crippen LogP contribution in [0.2, 0.25) is 0 Å². The van der Waals surface area contributed by atoms with Crippen molar-refractivity contribution in [2.45, 2.75) is 33.4 Å². The number of nitrogens with one attached hydrogen (secondary N) is 2. The highest BCUT2D eigenvalue weighted by molar-refractivity contribution is 5.92. The summed E-state index contributed by atoms with van der Waals surface area (Å²) in [5, 5.41) is 7.05. The third kappa shape index (κ3) is 5.05. The van der Waals surface area contributed by atoms with Gasteiger partial charge in [-0.3, -0.25) is 14.2 Å². The SMILES string of the molecule is CCc1ccc(NCc2cc3cc4c(cc3n(CC(=O)Nc3cccc(C)c3)c2=O)OCCO4)cc1. The molecule has 4 aromatic rings. The van der Waals surface area contributed by atoms with Gasteiger partial charge in [0.2, 0.25) is 5.91 Å². The number of benzene rings is 3. The zero-order chi connectivity index (χ0) is 25.1. The van der Waals surface area contributed by atoms with Gasteiger partial charge in [-0.15, -0.1) is 0 Å². The largest absolute Gasteiger partial charge is 0.486 e. The Labute approximate surface area is 209 Å². The predicted molar refractivity (Wildman–Crippen MR) is 142 cm³/mol. The van der Waals surface area contributed by atoms with Crippen molar-refractivity contribution in [3.63, 3.8) is 0 Å². The van der Waals surface area contributed by atoms with E-state index in [1.165, 1.54) is 10.1 Å². The van der Waals surface area contributed by atoms with Gasteiger partial charge in [0.1, 0.15) is 19.8 Å². The molecule has 0 spiro atoms. The number of anilines is 2. The van der Waals surface area contributed by atoms with Crippen molar-refractivity contribution < 1.29 is 14.3 Å². The molecule has 0 saturated heterocycles. The molecule has 3 aromatic carbocycles. The number of carbonyl (C=O) groups is 1. The minimum Gasteiger partial charge on any atom is -0.486 e. The maximum atomic E-state index is 13.6. The van der Waals surface area contributed by atoms with E-state index in [9.17, 15) is 9.59 Å². The summed E-state index contributed by atoms with van der Waals surface area (Å²) in [7, 11) is 0. The lowest BCUT2D eigenvalue weighted by Gasteiger charge is -2.21. The second kappa shape index (κ2) is 10.2. The number of amides is 1. The smallest absolute Gasteiger partial charge is 0.256 e. The molecule has 0 bridgehead atoms. The molecule has 2 N–H and O–H groups in total. The van der Waals surface area contributed by atoms with Crippen molar-refractivity contribution in [3.05, 3.63) is 93.8 Å². The Balaban J connectivity index is 1.49. The zero-order valence-electron chi connectivity index (χ0n) is 20.5. The lowest BCUT2D eigenvalue weighted by molar-refractivity contribution is -0.116. The Bertz CT molecular complexity index is 1470. The molecule has 7 nitrogen and oxygen atoms in total. The van der Waals surface area contributed by atoms with Crippen LogP contribution in [0.3, 0.4) is 0 Å². The van der Waals surface area contributed by atoms with Gasteiger partial charge in [-0.25, -0.2) is 0 Å². The van der Waals surface area contributed by atoms with Crippen molar-refractivity contribution >= 4 is 28.2 Å². The third-order valence-electron chi connectivity index (χ3n) is 6.28. The summed E-state index contributed by atoms with van der Waals surface area (Å²) in [6, 6.07) is 21.2. The van der Waals surface area contributed by atoms with E-state index >= 15 is 0 Å². The summed E-state index contributed by atoms with van der Waals surface area (Å²) in [6.07, 6.45) is 0.969. The quantitative estimate of drug-likeness (QED) is 0.391. The lowest BCUT2D eigenvalue weighted by atomic mass is 10.1. The number of aryl methyl sites for hydroxylation is 2. The average molecular weight is 484 g/mol. The van der Waals surface area contributed by atoms with Crippen LogP contribution in [0.5, 0.6) is 11.5 Å². The molecule has 1 amide bonds. The van der Waals surface area contributed by atoms with Gasteiger partial charge in [-0.1, -0.05) is 31.2 Å². The molecule has 1 aromatic heterocycles. The van der Waals surface area contributed by atoms with Crippen molar-refractivity contribution in [2.75, 3.05) is 23.8 Å². The molecule has 1 aliphatic rings. The molecule has 2 heterocycles. The maximum absolute atomic E-state index is 13.6. The van der Waals surface area contributed by atoms with Gasteiger partial charge in [0.05, 0.1) is 5.52 Å². The highest BCUT2D eigenvalue weighted by atomic mass is 16.6. The molecular weight excluding hydrogens is 454 g/mol. The fraction of sp³-hybridized carbons (Fsp3) is 0.241. The van der Waals surface area contributed by atoms with Crippen LogP contribution in [0.15, 0.2) is 71.5 Å². The summed E-state index contributed by atoms with van der Waals surface area (Å²) >= 11 is 0. The number of aromatic nitrogens is 1. The van der Waals surface area contributed by atoms with Gasteiger partial charge < -0.3 is 20.1 Å². The van der Waals surface area contributed by atoms with E-state index in [1.807, 2.05) is 55.5 Å². The fourth-order valence-electron chi connectivity index (χ4n) is 4.38. The number of ether oxygens (including phenoxy) is 2. The molecule has 0 radical (unpaired) electrons. The monoisotopic (exact) mass is 483 g/mol. The van der Waals surface area contributed by atoms with Crippen LogP contribution < -0.4 is 25.7 Å². The van der Waals surface area contributed by atoms with E-state index in [1.54, 1.807) is 6.07 Å². The van der Waals surface area contributed by atoms with Gasteiger partial charge in [-0.05, 0) is 60.9 Å². The predicted octanol–water partition coefficient (Wildman–Crippen LogP) is 4.89. The minimum atomic E-state index is -0.279. The molecule has 0 unspecified atom stereocenters. The van der Waals surface area contributed by atoms with Gasteiger partial charge in [-0.2, -0.15) is 0 Å². The van der Waals surface area contributed by atoms with Gasteiger partial charge in [0.15, 0.2) is 11.5 Å². The molecule has 184 valence electrons. The first-order valence-corrected chi connectivity index (χ1v) is 12.2. The standard InChI is InChI=1S/C29H29N3O4/c1-3-20-7-9-23(10-8-20)30-17-22-14-21-15-26-27(36-12-11-35-26)16-25(21)32(29(22)34)18-28(33)31-24-6-4-5-19(2)13-24/h4-10,13-16,30H,3,11-12,17-18H2,1-2H3,(H,31,33). The Morgan fingerprint density at radius 3 is 2.42 bits per heavy atom. The van der Waals surface area contributed by atoms with Crippen molar-refractivity contribution in [3.8, 4) is 11.5 Å². The Hall–Kier alpha value is -4.26. The molecular formula is C29H29N3O4. The van der Waals surface area contributed by atoms with Crippen molar-refractivity contribution in [1.29, 1.82) is 0 Å². The molecule has 0 saturated carbocycles. The van der Waals surface area contributed by atoms with E-state index in [2.05, 4.69) is 29.7 Å². The zero-order valence-corrected chi connectivity index (χ0v) is 20.5. The summed E-state index contributed by atoms with van der Waals surface area (Å²) in [6.45, 7) is 5.19. The molecule has 0 atom stereocenters. The van der Waals surface area contributed by atoms with Crippen molar-refractivity contribution in [1.82, 2.24) is 4.57 Å². The van der Waals surface area contributed by atoms with Crippen LogP contribution in [0.25, 0.3) is 10.9 Å². The number of carbonyl (C=O) groups excluding carboxylic acids is 1. The highest BCUT2D eigenvalue weighted by Gasteiger charge is 2.18. The van der Waals surface area contributed by atoms with Crippen LogP contribution in [0.4, 0.5) is 11.4 Å². The first kappa shape index (κ1) is 23.5. The van der Waals surface area contributed by atoms with E-state index in [4.69, 9.17) is 9.47 Å². The Morgan fingerprint density at radius 2 is 1.69 bits per heavy atom. The first-order valence-electron chi connectivity index (χ1n) is 12.2. The van der Waals surface area contributed by atoms with Gasteiger partial charge in [0.25, 0.3) is 5.56 Å². The van der Waals surface area contributed by atoms with E-state index < -0.39 is 0 Å². The number of hydrogen-bond donors (Lipinski definition) is 2. The van der Waals surface area contributed by atoms with E-state index in [-0.39, 0.29) is 18.0 Å². The van der Waals surface area contributed by atoms with Crippen LogP contribution in [0.1, 0.15) is 23.6 Å². The normalized spacial score (nSPS) is 12.4. The van der Waals surface area contributed by atoms with Crippen LogP contribution >= 0.6 is 0 Å². The van der Waals surface area contributed by atoms with Gasteiger partial charge >= 0.3 is 0 Å². The molecule has 1 aliphatic heterocycles. The molecule has 0 aliphatic carbocycles. The second-order valence-corrected chi connectivity index (χ2v) is 8.94. The van der Waals surface area contributed by atoms with E-state index in [0.29, 0.717) is 48.0 Å². The van der Waals surface area contributed by atoms with E-state index in [0.717, 1.165) is 23.1 Å². The molecule has 0 fully saturated rings.